The van der Waals surface area contributed by atoms with Crippen molar-refractivity contribution in [2.24, 2.45) is 0 Å². The Labute approximate surface area is 104 Å². The van der Waals surface area contributed by atoms with Gasteiger partial charge < -0.3 is 20.2 Å². The van der Waals surface area contributed by atoms with Crippen LogP contribution in [0, 0.1) is 0 Å². The van der Waals surface area contributed by atoms with Gasteiger partial charge in [-0.3, -0.25) is 4.79 Å². The van der Waals surface area contributed by atoms with E-state index >= 15 is 0 Å². The molecule has 17 heavy (non-hydrogen) atoms. The first-order chi connectivity index (χ1) is 8.02. The Hall–Kier alpha value is -1.30. The number of carbonyl (C=O) groups is 1. The van der Waals surface area contributed by atoms with Gasteiger partial charge in [0.25, 0.3) is 0 Å². The molecule has 0 aliphatic heterocycles. The fourth-order valence-corrected chi connectivity index (χ4v) is 1.59. The molecule has 0 saturated heterocycles. The van der Waals surface area contributed by atoms with Crippen LogP contribution in [0.4, 0.5) is 5.69 Å². The topological polar surface area (TPSA) is 81.0 Å². The van der Waals surface area contributed by atoms with Crippen LogP contribution in [-0.2, 0) is 4.79 Å². The molecule has 6 heteroatoms. The van der Waals surface area contributed by atoms with Crippen LogP contribution in [0.1, 0.15) is 0 Å². The number of rotatable bonds is 6. The van der Waals surface area contributed by atoms with E-state index in [0.29, 0.717) is 10.7 Å². The molecule has 0 aliphatic rings. The fourth-order valence-electron chi connectivity index (χ4n) is 1.41. The molecule has 0 heterocycles. The van der Waals surface area contributed by atoms with Crippen molar-refractivity contribution < 1.29 is 20.1 Å². The van der Waals surface area contributed by atoms with Gasteiger partial charge in [0.2, 0.25) is 0 Å². The molecular weight excluding hydrogens is 246 g/mol. The van der Waals surface area contributed by atoms with Crippen LogP contribution in [0.5, 0.6) is 0 Å². The van der Waals surface area contributed by atoms with Crippen molar-refractivity contribution in [1.29, 1.82) is 0 Å². The lowest BCUT2D eigenvalue weighted by atomic mass is 10.2. The summed E-state index contributed by atoms with van der Waals surface area (Å²) in [6, 6.07) is 6.66. The lowest BCUT2D eigenvalue weighted by molar-refractivity contribution is -0.135. The first-order valence-corrected chi connectivity index (χ1v) is 5.42. The Morgan fingerprint density at radius 3 is 2.71 bits per heavy atom. The fraction of sp³-hybridized carbons (Fsp3) is 0.364. The number of hydrogen-bond acceptors (Lipinski definition) is 4. The zero-order chi connectivity index (χ0) is 12.8. The van der Waals surface area contributed by atoms with Crippen LogP contribution in [-0.4, -0.2) is 47.1 Å². The molecule has 0 radical (unpaired) electrons. The molecule has 0 amide bonds. The highest BCUT2D eigenvalue weighted by molar-refractivity contribution is 6.30. The molecule has 0 spiro atoms. The van der Waals surface area contributed by atoms with E-state index in [4.69, 9.17) is 21.8 Å². The van der Waals surface area contributed by atoms with E-state index in [9.17, 15) is 9.90 Å². The SMILES string of the molecule is O=C(O)CN(CC(O)CO)c1cccc(Cl)c1. The van der Waals surface area contributed by atoms with E-state index in [1.54, 1.807) is 24.3 Å². The third-order valence-electron chi connectivity index (χ3n) is 2.14. The molecule has 1 atom stereocenters. The van der Waals surface area contributed by atoms with Gasteiger partial charge >= 0.3 is 5.97 Å². The average Bonchev–Trinajstić information content (AvgIpc) is 2.27. The van der Waals surface area contributed by atoms with Crippen LogP contribution in [0.3, 0.4) is 0 Å². The zero-order valence-electron chi connectivity index (χ0n) is 9.08. The number of carboxylic acid groups (broad SMARTS) is 1. The van der Waals surface area contributed by atoms with Gasteiger partial charge in [-0.2, -0.15) is 0 Å². The number of carboxylic acids is 1. The number of aliphatic hydroxyl groups excluding tert-OH is 2. The lowest BCUT2D eigenvalue weighted by Gasteiger charge is -2.25. The minimum absolute atomic E-state index is 0.0309. The maximum Gasteiger partial charge on any atom is 0.323 e. The number of anilines is 1. The molecular formula is C11H14ClNO4. The molecule has 3 N–H and O–H groups in total. The quantitative estimate of drug-likeness (QED) is 0.696. The summed E-state index contributed by atoms with van der Waals surface area (Å²) in [7, 11) is 0. The van der Waals surface area contributed by atoms with Gasteiger partial charge in [-0.05, 0) is 18.2 Å². The minimum Gasteiger partial charge on any atom is -0.480 e. The lowest BCUT2D eigenvalue weighted by Crippen LogP contribution is -2.37. The summed E-state index contributed by atoms with van der Waals surface area (Å²) in [6.07, 6.45) is -0.992. The number of halogens is 1. The summed E-state index contributed by atoms with van der Waals surface area (Å²) in [4.78, 5) is 12.2. The van der Waals surface area contributed by atoms with E-state index in [1.165, 1.54) is 4.90 Å². The predicted molar refractivity (Wildman–Crippen MR) is 64.4 cm³/mol. The Kier molecular flexibility index (Phi) is 5.21. The smallest absolute Gasteiger partial charge is 0.323 e. The molecule has 0 aliphatic carbocycles. The first-order valence-electron chi connectivity index (χ1n) is 5.04. The van der Waals surface area contributed by atoms with Gasteiger partial charge in [0.15, 0.2) is 0 Å². The summed E-state index contributed by atoms with van der Waals surface area (Å²) in [5.41, 5.74) is 0.590. The minimum atomic E-state index is -1.02. The molecule has 1 unspecified atom stereocenters. The maximum absolute atomic E-state index is 10.7. The summed E-state index contributed by atoms with van der Waals surface area (Å²) in [6.45, 7) is -0.656. The molecule has 0 bridgehead atoms. The highest BCUT2D eigenvalue weighted by Gasteiger charge is 2.15. The Balaban J connectivity index is 2.85. The highest BCUT2D eigenvalue weighted by Crippen LogP contribution is 2.19. The number of aliphatic carboxylic acids is 1. The van der Waals surface area contributed by atoms with Gasteiger partial charge in [0.1, 0.15) is 6.54 Å². The van der Waals surface area contributed by atoms with Crippen molar-refractivity contribution in [2.75, 3.05) is 24.6 Å². The second kappa shape index (κ2) is 6.44. The van der Waals surface area contributed by atoms with Gasteiger partial charge in [-0.25, -0.2) is 0 Å². The maximum atomic E-state index is 10.7. The van der Waals surface area contributed by atoms with Crippen LogP contribution in [0.2, 0.25) is 5.02 Å². The van der Waals surface area contributed by atoms with Crippen molar-refractivity contribution in [2.45, 2.75) is 6.10 Å². The highest BCUT2D eigenvalue weighted by atomic mass is 35.5. The third-order valence-corrected chi connectivity index (χ3v) is 2.38. The molecule has 0 saturated carbocycles. The van der Waals surface area contributed by atoms with Crippen molar-refractivity contribution >= 4 is 23.3 Å². The second-order valence-corrected chi connectivity index (χ2v) is 4.03. The standard InChI is InChI=1S/C11H14ClNO4/c12-8-2-1-3-9(4-8)13(6-11(16)17)5-10(15)7-14/h1-4,10,14-15H,5-7H2,(H,16,17). The second-order valence-electron chi connectivity index (χ2n) is 3.59. The number of benzene rings is 1. The number of hydrogen-bond donors (Lipinski definition) is 3. The Bertz CT molecular complexity index is 385. The van der Waals surface area contributed by atoms with Crippen molar-refractivity contribution in [3.63, 3.8) is 0 Å². The monoisotopic (exact) mass is 259 g/mol. The molecule has 1 aromatic rings. The van der Waals surface area contributed by atoms with Crippen LogP contribution in [0.25, 0.3) is 0 Å². The van der Waals surface area contributed by atoms with Crippen LogP contribution < -0.4 is 4.90 Å². The summed E-state index contributed by atoms with van der Waals surface area (Å²) >= 11 is 5.81. The normalized spacial score (nSPS) is 12.2. The largest absolute Gasteiger partial charge is 0.480 e. The molecule has 5 nitrogen and oxygen atoms in total. The van der Waals surface area contributed by atoms with Crippen molar-refractivity contribution in [3.8, 4) is 0 Å². The number of nitrogens with zero attached hydrogens (tertiary/aromatic N) is 1. The van der Waals surface area contributed by atoms with E-state index in [-0.39, 0.29) is 13.1 Å². The third kappa shape index (κ3) is 4.60. The van der Waals surface area contributed by atoms with E-state index in [2.05, 4.69) is 0 Å². The van der Waals surface area contributed by atoms with E-state index in [0.717, 1.165) is 0 Å². The Morgan fingerprint density at radius 1 is 1.47 bits per heavy atom. The van der Waals surface area contributed by atoms with Gasteiger partial charge in [-0.15, -0.1) is 0 Å². The van der Waals surface area contributed by atoms with E-state index < -0.39 is 18.7 Å². The van der Waals surface area contributed by atoms with Gasteiger partial charge in [0, 0.05) is 17.3 Å². The molecule has 1 aromatic carbocycles. The van der Waals surface area contributed by atoms with Crippen LogP contribution >= 0.6 is 11.6 Å². The zero-order valence-corrected chi connectivity index (χ0v) is 9.84. The Morgan fingerprint density at radius 2 is 2.18 bits per heavy atom. The van der Waals surface area contributed by atoms with Crippen molar-refractivity contribution in [3.05, 3.63) is 29.3 Å². The van der Waals surface area contributed by atoms with Gasteiger partial charge in [0.05, 0.1) is 12.7 Å². The summed E-state index contributed by atoms with van der Waals surface area (Å²) in [5.74, 6) is -1.02. The van der Waals surface area contributed by atoms with Crippen molar-refractivity contribution in [1.82, 2.24) is 0 Å². The van der Waals surface area contributed by atoms with Crippen LogP contribution in [0.15, 0.2) is 24.3 Å². The predicted octanol–water partition coefficient (Wildman–Crippen LogP) is 0.584. The molecule has 0 aromatic heterocycles. The first kappa shape index (κ1) is 13.8. The molecule has 94 valence electrons. The summed E-state index contributed by atoms with van der Waals surface area (Å²) in [5, 5.41) is 27.4. The number of aliphatic hydroxyl groups is 2. The van der Waals surface area contributed by atoms with Gasteiger partial charge in [-0.1, -0.05) is 17.7 Å². The average molecular weight is 260 g/mol. The molecule has 1 rings (SSSR count). The molecule has 0 fully saturated rings. The van der Waals surface area contributed by atoms with E-state index in [1.807, 2.05) is 0 Å². The summed E-state index contributed by atoms with van der Waals surface area (Å²) < 4.78 is 0.